The molecule has 0 radical (unpaired) electrons. The van der Waals surface area contributed by atoms with Crippen molar-refractivity contribution < 1.29 is 13.9 Å². The summed E-state index contributed by atoms with van der Waals surface area (Å²) in [6, 6.07) is 12.8. The van der Waals surface area contributed by atoms with Crippen molar-refractivity contribution in [3.05, 3.63) is 76.5 Å². The van der Waals surface area contributed by atoms with Crippen LogP contribution in [0.2, 0.25) is 5.02 Å². The van der Waals surface area contributed by atoms with Gasteiger partial charge in [-0.05, 0) is 49.6 Å². The maximum atomic E-state index is 13.9. The summed E-state index contributed by atoms with van der Waals surface area (Å²) in [5, 5.41) is 2.83. The lowest BCUT2D eigenvalue weighted by molar-refractivity contribution is -0.131. The van der Waals surface area contributed by atoms with Gasteiger partial charge in [-0.2, -0.15) is 9.97 Å². The predicted molar refractivity (Wildman–Crippen MR) is 187 cm³/mol. The normalized spacial score (nSPS) is 21.2. The molecule has 4 heterocycles. The topological polar surface area (TPSA) is 69.4 Å². The third-order valence-corrected chi connectivity index (χ3v) is 10.9. The Hall–Kier alpha value is -3.94. The Labute approximate surface area is 287 Å². The molecule has 1 aromatic heterocycles. The van der Waals surface area contributed by atoms with Crippen LogP contribution >= 0.6 is 11.6 Å². The molecule has 2 saturated heterocycles. The second kappa shape index (κ2) is 14.3. The van der Waals surface area contributed by atoms with Gasteiger partial charge in [-0.3, -0.25) is 4.79 Å². The number of likely N-dealkylation sites (tertiary alicyclic amines) is 1. The minimum absolute atomic E-state index is 0.0345. The summed E-state index contributed by atoms with van der Waals surface area (Å²) >= 11 is 6.73. The number of amides is 1. The number of fused-ring (bicyclic) bond motifs is 2. The molecule has 1 atom stereocenters. The van der Waals surface area contributed by atoms with Crippen molar-refractivity contribution in [3.8, 4) is 6.01 Å². The fourth-order valence-electron chi connectivity index (χ4n) is 8.13. The highest BCUT2D eigenvalue weighted by molar-refractivity contribution is 6.36. The van der Waals surface area contributed by atoms with E-state index in [0.717, 1.165) is 71.0 Å². The van der Waals surface area contributed by atoms with Crippen molar-refractivity contribution in [2.75, 3.05) is 55.6 Å². The predicted octanol–water partition coefficient (Wildman–Crippen LogP) is 6.44. The van der Waals surface area contributed by atoms with Gasteiger partial charge < -0.3 is 29.2 Å². The van der Waals surface area contributed by atoms with Crippen LogP contribution < -0.4 is 14.5 Å². The molecule has 1 amide bonds. The second-order valence-corrected chi connectivity index (χ2v) is 13.9. The van der Waals surface area contributed by atoms with Crippen molar-refractivity contribution in [1.29, 1.82) is 0 Å². The van der Waals surface area contributed by atoms with E-state index in [2.05, 4.69) is 50.4 Å². The number of piperidine rings is 1. The fourth-order valence-corrected chi connectivity index (χ4v) is 8.41. The van der Waals surface area contributed by atoms with Crippen LogP contribution in [0.5, 0.6) is 6.01 Å². The average molecular weight is 672 g/mol. The highest BCUT2D eigenvalue weighted by Crippen LogP contribution is 2.38. The maximum Gasteiger partial charge on any atom is 0.318 e. The number of aromatic nitrogens is 2. The van der Waals surface area contributed by atoms with Crippen molar-refractivity contribution in [2.45, 2.75) is 76.1 Å². The Morgan fingerprint density at radius 1 is 1.00 bits per heavy atom. The molecule has 252 valence electrons. The highest BCUT2D eigenvalue weighted by Gasteiger charge is 2.37. The first-order chi connectivity index (χ1) is 23.4. The second-order valence-electron chi connectivity index (χ2n) is 13.5. The molecule has 9 nitrogen and oxygen atoms in total. The van der Waals surface area contributed by atoms with Crippen LogP contribution in [0, 0.1) is 6.57 Å². The molecule has 3 fully saturated rings. The van der Waals surface area contributed by atoms with Crippen LogP contribution in [0.4, 0.5) is 15.9 Å². The highest BCUT2D eigenvalue weighted by atomic mass is 35.5. The third-order valence-electron chi connectivity index (χ3n) is 10.6. The molecular weight excluding hydrogens is 629 g/mol. The smallest absolute Gasteiger partial charge is 0.318 e. The van der Waals surface area contributed by atoms with Crippen LogP contribution in [-0.4, -0.2) is 89.7 Å². The minimum atomic E-state index is -1.00. The molecule has 0 unspecified atom stereocenters. The van der Waals surface area contributed by atoms with Gasteiger partial charge in [0, 0.05) is 61.9 Å². The zero-order valence-corrected chi connectivity index (χ0v) is 28.2. The number of nitrogens with zero attached hydrogens (tertiary/aromatic N) is 7. The lowest BCUT2D eigenvalue weighted by atomic mass is 9.92. The number of hydrogen-bond acceptors (Lipinski definition) is 7. The van der Waals surface area contributed by atoms with Crippen molar-refractivity contribution >= 4 is 39.8 Å². The number of benzene rings is 2. The third kappa shape index (κ3) is 6.68. The van der Waals surface area contributed by atoms with Crippen LogP contribution in [-0.2, 0) is 17.8 Å². The van der Waals surface area contributed by atoms with Crippen molar-refractivity contribution in [1.82, 2.24) is 19.8 Å². The van der Waals surface area contributed by atoms with Crippen LogP contribution in [0.25, 0.3) is 15.6 Å². The number of carbonyl (C=O) groups is 1. The molecule has 4 aliphatic rings. The number of ether oxygens (including phenoxy) is 1. The van der Waals surface area contributed by atoms with Crippen molar-refractivity contribution in [2.24, 2.45) is 0 Å². The van der Waals surface area contributed by atoms with Gasteiger partial charge >= 0.3 is 6.01 Å². The summed E-state index contributed by atoms with van der Waals surface area (Å²) in [4.78, 5) is 34.8. The van der Waals surface area contributed by atoms with Gasteiger partial charge in [0.1, 0.15) is 18.0 Å². The van der Waals surface area contributed by atoms with Crippen molar-refractivity contribution in [3.63, 3.8) is 0 Å². The number of anilines is 2. The monoisotopic (exact) mass is 671 g/mol. The molecule has 3 aromatic rings. The Morgan fingerprint density at radius 2 is 1.77 bits per heavy atom. The van der Waals surface area contributed by atoms with Gasteiger partial charge in [-0.15, -0.1) is 0 Å². The Bertz CT molecular complexity index is 1710. The summed E-state index contributed by atoms with van der Waals surface area (Å²) < 4.78 is 20.5. The number of rotatable bonds is 7. The molecule has 11 heteroatoms. The Morgan fingerprint density at radius 3 is 2.52 bits per heavy atom. The van der Waals surface area contributed by atoms with Gasteiger partial charge in [-0.25, -0.2) is 11.0 Å². The van der Waals surface area contributed by atoms with E-state index in [-0.39, 0.29) is 19.2 Å². The zero-order chi connectivity index (χ0) is 33.2. The number of piperazine rings is 1. The molecule has 1 aliphatic carbocycles. The molecule has 0 N–H and O–H groups in total. The van der Waals surface area contributed by atoms with Gasteiger partial charge in [-0.1, -0.05) is 61.7 Å². The van der Waals surface area contributed by atoms with Crippen LogP contribution in [0.15, 0.2) is 48.8 Å². The van der Waals surface area contributed by atoms with Gasteiger partial charge in [0.25, 0.3) is 5.91 Å². The van der Waals surface area contributed by atoms with E-state index in [1.54, 1.807) is 0 Å². The van der Waals surface area contributed by atoms with E-state index in [4.69, 9.17) is 32.9 Å². The minimum Gasteiger partial charge on any atom is -0.460 e. The van der Waals surface area contributed by atoms with Gasteiger partial charge in [0.15, 0.2) is 5.83 Å². The summed E-state index contributed by atoms with van der Waals surface area (Å²) in [5.41, 5.74) is 3.02. The number of halogens is 2. The number of carbonyl (C=O) groups excluding carboxylic acids is 1. The largest absolute Gasteiger partial charge is 0.460 e. The first-order valence-electron chi connectivity index (χ1n) is 17.4. The lowest BCUT2D eigenvalue weighted by Crippen LogP contribution is -2.57. The summed E-state index contributed by atoms with van der Waals surface area (Å²) in [6.45, 7) is 15.3. The fraction of sp³-hybridized carbons (Fsp3) is 0.514. The molecule has 7 rings (SSSR count). The number of hydrogen-bond donors (Lipinski definition) is 0. The van der Waals surface area contributed by atoms with Gasteiger partial charge in [0.2, 0.25) is 6.54 Å². The zero-order valence-electron chi connectivity index (χ0n) is 27.4. The molecule has 2 aromatic carbocycles. The first-order valence-corrected chi connectivity index (χ1v) is 17.7. The van der Waals surface area contributed by atoms with E-state index < -0.39 is 17.8 Å². The summed E-state index contributed by atoms with van der Waals surface area (Å²) in [5.74, 6) is -0.968. The molecule has 0 spiro atoms. The SMILES string of the molecule is [C-]#[N+]C[C@H]1CN(c2nc(OC3CCN(C4CCCCC4)CC3)nc3c2CCN(c2cccc4cccc(Cl)c24)C3)CCN1C(=O)C(=C)F. The average Bonchev–Trinajstić information content (AvgIpc) is 3.11. The lowest BCUT2D eigenvalue weighted by Gasteiger charge is -2.41. The van der Waals surface area contributed by atoms with E-state index in [1.807, 2.05) is 12.1 Å². The Kier molecular flexibility index (Phi) is 9.69. The standard InChI is InChI=1S/C37H43ClFN7O2/c1-25(39)36(47)46-21-20-45(23-28(46)22-40-2)35-30-16-19-44(33-13-7-9-26-8-6-12-31(38)34(26)33)24-32(30)41-37(42-35)48-29-14-17-43(18-15-29)27-10-4-3-5-11-27/h6-9,12-13,27-29H,1,3-5,10-11,14-24H2/t28-/m0/s1. The van der Waals surface area contributed by atoms with Crippen LogP contribution in [0.3, 0.4) is 0 Å². The molecule has 3 aliphatic heterocycles. The molecule has 1 saturated carbocycles. The first kappa shape index (κ1) is 32.6. The quantitative estimate of drug-likeness (QED) is 0.212. The van der Waals surface area contributed by atoms with Crippen LogP contribution in [0.1, 0.15) is 56.2 Å². The summed E-state index contributed by atoms with van der Waals surface area (Å²) in [6.07, 6.45) is 9.23. The van der Waals surface area contributed by atoms with E-state index in [1.165, 1.54) is 37.0 Å². The van der Waals surface area contributed by atoms with E-state index in [9.17, 15) is 9.18 Å². The summed E-state index contributed by atoms with van der Waals surface area (Å²) in [7, 11) is 0. The Balaban J connectivity index is 1.17. The van der Waals surface area contributed by atoms with Gasteiger partial charge in [0.05, 0.1) is 17.3 Å². The maximum absolute atomic E-state index is 13.9. The van der Waals surface area contributed by atoms with E-state index >= 15 is 0 Å². The molecule has 48 heavy (non-hydrogen) atoms. The molecular formula is C37H43ClFN7O2. The molecule has 0 bridgehead atoms. The van der Waals surface area contributed by atoms with E-state index in [0.29, 0.717) is 38.1 Å².